The second-order valence-electron chi connectivity index (χ2n) is 4.95. The van der Waals surface area contributed by atoms with Crippen LogP contribution in [0, 0.1) is 0 Å². The van der Waals surface area contributed by atoms with Crippen molar-refractivity contribution in [3.63, 3.8) is 0 Å². The van der Waals surface area contributed by atoms with E-state index in [0.717, 1.165) is 25.7 Å². The maximum Gasteiger partial charge on any atom is 0.341 e. The first kappa shape index (κ1) is 11.9. The Labute approximate surface area is 97.5 Å². The smallest absolute Gasteiger partial charge is 0.341 e. The van der Waals surface area contributed by atoms with Crippen molar-refractivity contribution in [1.29, 1.82) is 0 Å². The topological polar surface area (TPSA) is 38.8 Å². The van der Waals surface area contributed by atoms with Crippen LogP contribution in [0.2, 0.25) is 0 Å². The Bertz CT molecular complexity index is 268. The summed E-state index contributed by atoms with van der Waals surface area (Å²) in [6, 6.07) is 0. The molecule has 1 saturated heterocycles. The van der Waals surface area contributed by atoms with E-state index < -0.39 is 5.60 Å². The van der Waals surface area contributed by atoms with Crippen molar-refractivity contribution in [2.75, 3.05) is 6.61 Å². The molecule has 1 heterocycles. The predicted octanol–water partition coefficient (Wildman–Crippen LogP) is 2.82. The zero-order valence-corrected chi connectivity index (χ0v) is 10.4. The Kier molecular flexibility index (Phi) is 3.24. The Morgan fingerprint density at radius 2 is 1.94 bits per heavy atom. The van der Waals surface area contributed by atoms with Gasteiger partial charge in [0.25, 0.3) is 0 Å². The highest BCUT2D eigenvalue weighted by atomic mass is 16.7. The number of epoxide rings is 1. The number of rotatable bonds is 4. The minimum absolute atomic E-state index is 0.126. The average molecular weight is 226 g/mol. The van der Waals surface area contributed by atoms with Crippen LogP contribution in [0.4, 0.5) is 0 Å². The van der Waals surface area contributed by atoms with E-state index in [1.54, 1.807) is 0 Å². The third kappa shape index (κ3) is 1.65. The largest absolute Gasteiger partial charge is 0.464 e. The number of ether oxygens (including phenoxy) is 2. The van der Waals surface area contributed by atoms with E-state index in [1.165, 1.54) is 19.3 Å². The molecule has 16 heavy (non-hydrogen) atoms. The Morgan fingerprint density at radius 3 is 2.50 bits per heavy atom. The molecule has 2 fully saturated rings. The first-order valence-corrected chi connectivity index (χ1v) is 6.58. The molecule has 0 aromatic heterocycles. The van der Waals surface area contributed by atoms with Crippen molar-refractivity contribution < 1.29 is 14.3 Å². The molecule has 0 N–H and O–H groups in total. The summed E-state index contributed by atoms with van der Waals surface area (Å²) in [4.78, 5) is 12.0. The molecule has 0 amide bonds. The van der Waals surface area contributed by atoms with E-state index in [0.29, 0.717) is 6.61 Å². The van der Waals surface area contributed by atoms with Gasteiger partial charge in [0.05, 0.1) is 6.61 Å². The first-order chi connectivity index (χ1) is 7.71. The standard InChI is InChI=1S/C13H22O3/c1-3-8-13(11(14)15-4-2)12(16-13)9-6-5-7-10-12/h3-10H2,1-2H3/t13-/m1/s1. The third-order valence-electron chi connectivity index (χ3n) is 3.93. The fourth-order valence-corrected chi connectivity index (χ4v) is 3.15. The fraction of sp³-hybridized carbons (Fsp3) is 0.923. The molecule has 0 aromatic carbocycles. The average Bonchev–Trinajstić information content (AvgIpc) is 2.89. The fourth-order valence-electron chi connectivity index (χ4n) is 3.15. The van der Waals surface area contributed by atoms with E-state index in [1.807, 2.05) is 6.92 Å². The van der Waals surface area contributed by atoms with Gasteiger partial charge in [-0.2, -0.15) is 0 Å². The molecule has 1 aliphatic carbocycles. The Morgan fingerprint density at radius 1 is 1.25 bits per heavy atom. The van der Waals surface area contributed by atoms with E-state index in [2.05, 4.69) is 6.92 Å². The lowest BCUT2D eigenvalue weighted by Crippen LogP contribution is -2.37. The molecule has 1 aliphatic heterocycles. The summed E-state index contributed by atoms with van der Waals surface area (Å²) in [5.41, 5.74) is -0.744. The third-order valence-corrected chi connectivity index (χ3v) is 3.93. The van der Waals surface area contributed by atoms with Crippen molar-refractivity contribution >= 4 is 5.97 Å². The summed E-state index contributed by atoms with van der Waals surface area (Å²) in [6.07, 6.45) is 7.50. The molecule has 1 atom stereocenters. The van der Waals surface area contributed by atoms with Gasteiger partial charge in [-0.15, -0.1) is 0 Å². The van der Waals surface area contributed by atoms with Crippen LogP contribution >= 0.6 is 0 Å². The van der Waals surface area contributed by atoms with Gasteiger partial charge in [0.1, 0.15) is 5.60 Å². The zero-order valence-electron chi connectivity index (χ0n) is 10.4. The molecule has 0 bridgehead atoms. The summed E-state index contributed by atoms with van der Waals surface area (Å²) in [5.74, 6) is -0.126. The Hall–Kier alpha value is -0.570. The van der Waals surface area contributed by atoms with Gasteiger partial charge in [0.2, 0.25) is 0 Å². The number of hydrogen-bond acceptors (Lipinski definition) is 3. The lowest BCUT2D eigenvalue weighted by atomic mass is 9.78. The molecule has 2 aliphatic rings. The van der Waals surface area contributed by atoms with Crippen LogP contribution in [0.3, 0.4) is 0 Å². The summed E-state index contributed by atoms with van der Waals surface area (Å²) in [6.45, 7) is 4.40. The van der Waals surface area contributed by atoms with Gasteiger partial charge in [0, 0.05) is 0 Å². The van der Waals surface area contributed by atoms with Crippen LogP contribution in [0.1, 0.15) is 58.8 Å². The molecule has 1 spiro atoms. The van der Waals surface area contributed by atoms with E-state index in [-0.39, 0.29) is 11.6 Å². The molecule has 92 valence electrons. The van der Waals surface area contributed by atoms with Gasteiger partial charge in [-0.1, -0.05) is 32.6 Å². The highest BCUT2D eigenvalue weighted by Gasteiger charge is 2.74. The van der Waals surface area contributed by atoms with Crippen LogP contribution < -0.4 is 0 Å². The molecule has 0 aromatic rings. The van der Waals surface area contributed by atoms with Gasteiger partial charge >= 0.3 is 5.97 Å². The monoisotopic (exact) mass is 226 g/mol. The molecular weight excluding hydrogens is 204 g/mol. The molecule has 1 saturated carbocycles. The van der Waals surface area contributed by atoms with Gasteiger partial charge in [-0.3, -0.25) is 0 Å². The maximum atomic E-state index is 12.0. The van der Waals surface area contributed by atoms with Crippen LogP contribution in [0.5, 0.6) is 0 Å². The van der Waals surface area contributed by atoms with Crippen LogP contribution in [-0.4, -0.2) is 23.8 Å². The quantitative estimate of drug-likeness (QED) is 0.546. The van der Waals surface area contributed by atoms with Gasteiger partial charge in [0.15, 0.2) is 5.60 Å². The van der Waals surface area contributed by atoms with Crippen LogP contribution in [0.15, 0.2) is 0 Å². The molecule has 2 rings (SSSR count). The normalized spacial score (nSPS) is 31.4. The van der Waals surface area contributed by atoms with E-state index >= 15 is 0 Å². The highest BCUT2D eigenvalue weighted by molar-refractivity contribution is 5.85. The summed E-state index contributed by atoms with van der Waals surface area (Å²) in [5, 5.41) is 0. The van der Waals surface area contributed by atoms with E-state index in [9.17, 15) is 4.79 Å². The summed E-state index contributed by atoms with van der Waals surface area (Å²) in [7, 11) is 0. The zero-order chi connectivity index (χ0) is 11.6. The maximum absolute atomic E-state index is 12.0. The molecular formula is C13H22O3. The minimum atomic E-state index is -0.585. The molecule has 0 unspecified atom stereocenters. The van der Waals surface area contributed by atoms with Crippen molar-refractivity contribution in [1.82, 2.24) is 0 Å². The van der Waals surface area contributed by atoms with Gasteiger partial charge in [-0.25, -0.2) is 4.79 Å². The Balaban J connectivity index is 2.10. The number of esters is 1. The summed E-state index contributed by atoms with van der Waals surface area (Å²) >= 11 is 0. The number of carbonyl (C=O) groups is 1. The van der Waals surface area contributed by atoms with Crippen LogP contribution in [0.25, 0.3) is 0 Å². The summed E-state index contributed by atoms with van der Waals surface area (Å²) < 4.78 is 11.1. The highest BCUT2D eigenvalue weighted by Crippen LogP contribution is 2.59. The molecule has 3 nitrogen and oxygen atoms in total. The second-order valence-corrected chi connectivity index (χ2v) is 4.95. The van der Waals surface area contributed by atoms with Crippen molar-refractivity contribution in [3.05, 3.63) is 0 Å². The van der Waals surface area contributed by atoms with Crippen LogP contribution in [-0.2, 0) is 14.3 Å². The van der Waals surface area contributed by atoms with Crippen molar-refractivity contribution in [2.45, 2.75) is 70.0 Å². The lowest BCUT2D eigenvalue weighted by Gasteiger charge is -2.22. The van der Waals surface area contributed by atoms with E-state index in [4.69, 9.17) is 9.47 Å². The second kappa shape index (κ2) is 4.36. The SMILES string of the molecule is CCC[C@]1(C(=O)OCC)OC12CCCCC2. The lowest BCUT2D eigenvalue weighted by molar-refractivity contribution is -0.150. The van der Waals surface area contributed by atoms with Gasteiger partial charge in [-0.05, 0) is 26.2 Å². The first-order valence-electron chi connectivity index (χ1n) is 6.58. The minimum Gasteiger partial charge on any atom is -0.464 e. The van der Waals surface area contributed by atoms with Gasteiger partial charge < -0.3 is 9.47 Å². The van der Waals surface area contributed by atoms with Crippen molar-refractivity contribution in [3.8, 4) is 0 Å². The van der Waals surface area contributed by atoms with Crippen molar-refractivity contribution in [2.24, 2.45) is 0 Å². The molecule has 3 heteroatoms. The number of carbonyl (C=O) groups excluding carboxylic acids is 1. The molecule has 0 radical (unpaired) electrons. The number of hydrogen-bond donors (Lipinski definition) is 0. The predicted molar refractivity (Wildman–Crippen MR) is 61.2 cm³/mol.